The molecule has 1 aromatic carbocycles. The molecule has 7 nitrogen and oxygen atoms in total. The van der Waals surface area contributed by atoms with Crippen LogP contribution in [0.15, 0.2) is 33.8 Å². The quantitative estimate of drug-likeness (QED) is 0.534. The third-order valence-corrected chi connectivity index (χ3v) is 4.18. The molecule has 2 N–H and O–H groups in total. The van der Waals surface area contributed by atoms with Gasteiger partial charge in [0.05, 0.1) is 20.4 Å². The van der Waals surface area contributed by atoms with Crippen LogP contribution in [-0.4, -0.2) is 38.3 Å². The first kappa shape index (κ1) is 21.6. The van der Waals surface area contributed by atoms with Crippen molar-refractivity contribution < 1.29 is 13.9 Å². The summed E-state index contributed by atoms with van der Waals surface area (Å²) in [5, 5.41) is 6.58. The van der Waals surface area contributed by atoms with Crippen LogP contribution in [0.2, 0.25) is 0 Å². The monoisotopic (exact) mass is 388 g/mol. The summed E-state index contributed by atoms with van der Waals surface area (Å²) < 4.78 is 16.5. The second-order valence-corrected chi connectivity index (χ2v) is 7.42. The Balaban J connectivity index is 1.97. The van der Waals surface area contributed by atoms with Gasteiger partial charge in [-0.1, -0.05) is 20.8 Å². The number of hydrogen-bond donors (Lipinski definition) is 2. The predicted molar refractivity (Wildman–Crippen MR) is 111 cm³/mol. The number of benzene rings is 1. The second-order valence-electron chi connectivity index (χ2n) is 7.42. The molecule has 7 heteroatoms. The Kier molecular flexibility index (Phi) is 7.72. The van der Waals surface area contributed by atoms with Crippen molar-refractivity contribution in [1.82, 2.24) is 15.6 Å². The molecule has 0 bridgehead atoms. The number of aromatic nitrogens is 1. The van der Waals surface area contributed by atoms with Crippen molar-refractivity contribution in [2.45, 2.75) is 46.1 Å². The molecule has 2 aromatic rings. The zero-order valence-corrected chi connectivity index (χ0v) is 17.8. The minimum atomic E-state index is -0.0620. The van der Waals surface area contributed by atoms with E-state index in [1.807, 2.05) is 25.1 Å². The van der Waals surface area contributed by atoms with Crippen molar-refractivity contribution in [3.63, 3.8) is 0 Å². The van der Waals surface area contributed by atoms with E-state index in [9.17, 15) is 0 Å². The average molecular weight is 389 g/mol. The molecule has 0 aliphatic rings. The number of hydrogen-bond acceptors (Lipinski definition) is 5. The zero-order valence-electron chi connectivity index (χ0n) is 17.8. The van der Waals surface area contributed by atoms with Crippen LogP contribution < -0.4 is 20.1 Å². The molecule has 2 rings (SSSR count). The van der Waals surface area contributed by atoms with Crippen LogP contribution in [-0.2, 0) is 18.4 Å². The molecule has 0 spiro atoms. The summed E-state index contributed by atoms with van der Waals surface area (Å²) in [6.07, 6.45) is 2.55. The summed E-state index contributed by atoms with van der Waals surface area (Å²) in [6, 6.07) is 5.80. The van der Waals surface area contributed by atoms with Crippen molar-refractivity contribution in [2.75, 3.05) is 27.3 Å². The minimum absolute atomic E-state index is 0.0620. The highest BCUT2D eigenvalue weighted by molar-refractivity contribution is 5.79. The topological polar surface area (TPSA) is 80.9 Å². The van der Waals surface area contributed by atoms with Crippen LogP contribution in [0, 0.1) is 0 Å². The number of guanidine groups is 1. The van der Waals surface area contributed by atoms with Crippen LogP contribution in [0.3, 0.4) is 0 Å². The van der Waals surface area contributed by atoms with Crippen molar-refractivity contribution in [2.24, 2.45) is 4.99 Å². The van der Waals surface area contributed by atoms with Crippen LogP contribution in [0.5, 0.6) is 11.5 Å². The molecule has 1 heterocycles. The van der Waals surface area contributed by atoms with Crippen LogP contribution in [0.4, 0.5) is 0 Å². The first-order valence-electron chi connectivity index (χ1n) is 9.55. The normalized spacial score (nSPS) is 12.0. The standard InChI is InChI=1S/C21H32N4O3/c1-7-22-20(25-14-19-24-13-18(28-19)21(2,3)4)23-11-10-15-12-16(26-5)8-9-17(15)27-6/h8-9,12-13H,7,10-11,14H2,1-6H3,(H2,22,23,25). The molecule has 0 fully saturated rings. The SMILES string of the molecule is CCNC(=NCc1ncc(C(C)(C)C)o1)NCCc1cc(OC)ccc1OC. The number of aliphatic imine (C=N–C) groups is 1. The van der Waals surface area contributed by atoms with E-state index in [0.29, 0.717) is 19.0 Å². The number of oxazole rings is 1. The minimum Gasteiger partial charge on any atom is -0.497 e. The Morgan fingerprint density at radius 1 is 1.18 bits per heavy atom. The van der Waals surface area contributed by atoms with Crippen molar-refractivity contribution >= 4 is 5.96 Å². The van der Waals surface area contributed by atoms with Gasteiger partial charge >= 0.3 is 0 Å². The lowest BCUT2D eigenvalue weighted by Crippen LogP contribution is -2.38. The fourth-order valence-electron chi connectivity index (χ4n) is 2.61. The van der Waals surface area contributed by atoms with Crippen molar-refractivity contribution in [1.29, 1.82) is 0 Å². The van der Waals surface area contributed by atoms with Gasteiger partial charge in [0.2, 0.25) is 5.89 Å². The second kappa shape index (κ2) is 10.0. The summed E-state index contributed by atoms with van der Waals surface area (Å²) in [4.78, 5) is 8.89. The number of rotatable bonds is 8. The maximum Gasteiger partial charge on any atom is 0.216 e. The van der Waals surface area contributed by atoms with E-state index in [0.717, 1.165) is 41.7 Å². The van der Waals surface area contributed by atoms with Gasteiger partial charge in [-0.05, 0) is 37.1 Å². The van der Waals surface area contributed by atoms with Gasteiger partial charge in [0.1, 0.15) is 23.8 Å². The molecule has 154 valence electrons. The summed E-state index contributed by atoms with van der Waals surface area (Å²) in [5.41, 5.74) is 1.01. The van der Waals surface area contributed by atoms with E-state index >= 15 is 0 Å². The Labute approximate surface area is 167 Å². The maximum atomic E-state index is 5.80. The Morgan fingerprint density at radius 2 is 1.96 bits per heavy atom. The third-order valence-electron chi connectivity index (χ3n) is 4.18. The molecule has 0 aliphatic carbocycles. The van der Waals surface area contributed by atoms with Gasteiger partial charge in [0.25, 0.3) is 0 Å². The molecule has 0 unspecified atom stereocenters. The molecular weight excluding hydrogens is 356 g/mol. The van der Waals surface area contributed by atoms with Crippen LogP contribution in [0.1, 0.15) is 44.9 Å². The first-order valence-corrected chi connectivity index (χ1v) is 9.55. The third kappa shape index (κ3) is 6.18. The highest BCUT2D eigenvalue weighted by atomic mass is 16.5. The number of nitrogens with one attached hydrogen (secondary N) is 2. The molecule has 28 heavy (non-hydrogen) atoms. The number of methoxy groups -OCH3 is 2. The molecule has 0 saturated heterocycles. The molecule has 1 aromatic heterocycles. The van der Waals surface area contributed by atoms with Crippen molar-refractivity contribution in [3.8, 4) is 11.5 Å². The molecular formula is C21H32N4O3. The molecule has 0 radical (unpaired) electrons. The lowest BCUT2D eigenvalue weighted by Gasteiger charge is -2.14. The van der Waals surface area contributed by atoms with E-state index < -0.39 is 0 Å². The highest BCUT2D eigenvalue weighted by Crippen LogP contribution is 2.24. The van der Waals surface area contributed by atoms with Gasteiger partial charge in [-0.15, -0.1) is 0 Å². The zero-order chi connectivity index (χ0) is 20.6. The summed E-state index contributed by atoms with van der Waals surface area (Å²) >= 11 is 0. The van der Waals surface area contributed by atoms with E-state index in [4.69, 9.17) is 13.9 Å². The fraction of sp³-hybridized carbons (Fsp3) is 0.524. The van der Waals surface area contributed by atoms with Gasteiger partial charge in [-0.3, -0.25) is 0 Å². The van der Waals surface area contributed by atoms with E-state index in [1.165, 1.54) is 0 Å². The number of nitrogens with zero attached hydrogens (tertiary/aromatic N) is 2. The highest BCUT2D eigenvalue weighted by Gasteiger charge is 2.19. The van der Waals surface area contributed by atoms with Gasteiger partial charge in [-0.2, -0.15) is 0 Å². The van der Waals surface area contributed by atoms with Gasteiger partial charge in [0, 0.05) is 18.5 Å². The predicted octanol–water partition coefficient (Wildman–Crippen LogP) is 3.29. The van der Waals surface area contributed by atoms with E-state index in [-0.39, 0.29) is 5.41 Å². The summed E-state index contributed by atoms with van der Waals surface area (Å²) in [6.45, 7) is 10.2. The summed E-state index contributed by atoms with van der Waals surface area (Å²) in [5.74, 6) is 3.85. The van der Waals surface area contributed by atoms with Crippen LogP contribution in [0.25, 0.3) is 0 Å². The van der Waals surface area contributed by atoms with E-state index in [2.05, 4.69) is 41.4 Å². The average Bonchev–Trinajstić information content (AvgIpc) is 3.15. The Morgan fingerprint density at radius 3 is 2.57 bits per heavy atom. The van der Waals surface area contributed by atoms with Gasteiger partial charge < -0.3 is 24.5 Å². The fourth-order valence-corrected chi connectivity index (χ4v) is 2.61. The Bertz CT molecular complexity index is 778. The smallest absolute Gasteiger partial charge is 0.216 e. The lowest BCUT2D eigenvalue weighted by atomic mass is 9.94. The van der Waals surface area contributed by atoms with Crippen LogP contribution >= 0.6 is 0 Å². The lowest BCUT2D eigenvalue weighted by molar-refractivity contribution is 0.383. The molecule has 0 atom stereocenters. The first-order chi connectivity index (χ1) is 13.4. The van der Waals surface area contributed by atoms with E-state index in [1.54, 1.807) is 20.4 Å². The number of ether oxygens (including phenoxy) is 2. The Hall–Kier alpha value is -2.70. The largest absolute Gasteiger partial charge is 0.497 e. The van der Waals surface area contributed by atoms with Crippen molar-refractivity contribution in [3.05, 3.63) is 41.6 Å². The molecule has 0 amide bonds. The summed E-state index contributed by atoms with van der Waals surface area (Å²) in [7, 11) is 3.33. The van der Waals surface area contributed by atoms with Gasteiger partial charge in [0.15, 0.2) is 5.96 Å². The molecule has 0 aliphatic heterocycles. The maximum absolute atomic E-state index is 5.80. The molecule has 0 saturated carbocycles. The van der Waals surface area contributed by atoms with Gasteiger partial charge in [-0.25, -0.2) is 9.98 Å².